The number of thiophene rings is 1. The van der Waals surface area contributed by atoms with Gasteiger partial charge in [0.1, 0.15) is 9.98 Å². The van der Waals surface area contributed by atoms with Crippen molar-refractivity contribution >= 4 is 39.1 Å². The molecule has 84 valence electrons. The average molecular weight is 254 g/mol. The molecule has 0 atom stereocenters. The lowest BCUT2D eigenvalue weighted by molar-refractivity contribution is 0.700. The van der Waals surface area contributed by atoms with Gasteiger partial charge in [-0.05, 0) is 31.2 Å². The Morgan fingerprint density at radius 2 is 2.06 bits per heavy atom. The van der Waals surface area contributed by atoms with E-state index in [2.05, 4.69) is 15.3 Å². The zero-order valence-electron chi connectivity index (χ0n) is 9.01. The van der Waals surface area contributed by atoms with Crippen molar-refractivity contribution in [3.63, 3.8) is 0 Å². The van der Waals surface area contributed by atoms with Gasteiger partial charge in [-0.1, -0.05) is 11.6 Å². The molecule has 0 aliphatic heterocycles. The first-order valence-electron chi connectivity index (χ1n) is 5.45. The Morgan fingerprint density at radius 3 is 2.88 bits per heavy atom. The van der Waals surface area contributed by atoms with Crippen LogP contribution in [0.25, 0.3) is 10.2 Å². The third-order valence-corrected chi connectivity index (χ3v) is 4.45. The first-order valence-corrected chi connectivity index (χ1v) is 6.64. The van der Waals surface area contributed by atoms with Gasteiger partial charge in [-0.15, -0.1) is 11.3 Å². The van der Waals surface area contributed by atoms with E-state index in [1.807, 2.05) is 7.05 Å². The van der Waals surface area contributed by atoms with Gasteiger partial charge < -0.3 is 5.32 Å². The third-order valence-electron chi connectivity index (χ3n) is 2.99. The number of anilines is 1. The minimum absolute atomic E-state index is 0.591. The molecule has 0 bridgehead atoms. The van der Waals surface area contributed by atoms with Crippen molar-refractivity contribution < 1.29 is 0 Å². The summed E-state index contributed by atoms with van der Waals surface area (Å²) in [6.07, 6.45) is 4.82. The zero-order valence-corrected chi connectivity index (χ0v) is 10.6. The Balaban J connectivity index is 2.30. The summed E-state index contributed by atoms with van der Waals surface area (Å²) in [5.41, 5.74) is 1.39. The van der Waals surface area contributed by atoms with Crippen LogP contribution < -0.4 is 5.32 Å². The fourth-order valence-electron chi connectivity index (χ4n) is 2.22. The highest BCUT2D eigenvalue weighted by Crippen LogP contribution is 2.38. The summed E-state index contributed by atoms with van der Waals surface area (Å²) >= 11 is 8.00. The predicted octanol–water partition coefficient (Wildman–Crippen LogP) is 3.27. The number of fused-ring (bicyclic) bond motifs is 3. The molecule has 5 heteroatoms. The van der Waals surface area contributed by atoms with Gasteiger partial charge in [0.05, 0.1) is 5.39 Å². The molecule has 3 rings (SSSR count). The molecule has 1 N–H and O–H groups in total. The van der Waals surface area contributed by atoms with Gasteiger partial charge >= 0.3 is 0 Å². The predicted molar refractivity (Wildman–Crippen MR) is 68.6 cm³/mol. The van der Waals surface area contributed by atoms with Crippen molar-refractivity contribution in [1.29, 1.82) is 0 Å². The molecular weight excluding hydrogens is 242 g/mol. The summed E-state index contributed by atoms with van der Waals surface area (Å²) in [7, 11) is 1.81. The minimum atomic E-state index is 0.591. The van der Waals surface area contributed by atoms with Crippen molar-refractivity contribution in [1.82, 2.24) is 9.97 Å². The van der Waals surface area contributed by atoms with Crippen molar-refractivity contribution in [2.24, 2.45) is 0 Å². The van der Waals surface area contributed by atoms with Crippen molar-refractivity contribution in [2.45, 2.75) is 25.7 Å². The molecule has 2 aromatic rings. The van der Waals surface area contributed by atoms with Crippen LogP contribution in [0, 0.1) is 0 Å². The molecule has 2 aromatic heterocycles. The van der Waals surface area contributed by atoms with E-state index in [1.165, 1.54) is 29.7 Å². The van der Waals surface area contributed by atoms with Crippen LogP contribution in [0.2, 0.25) is 5.15 Å². The zero-order chi connectivity index (χ0) is 11.1. The fourth-order valence-corrected chi connectivity index (χ4v) is 3.83. The number of hydrogen-bond acceptors (Lipinski definition) is 4. The van der Waals surface area contributed by atoms with Gasteiger partial charge in [0.25, 0.3) is 0 Å². The van der Waals surface area contributed by atoms with Crippen molar-refractivity contribution in [3.8, 4) is 0 Å². The van der Waals surface area contributed by atoms with E-state index in [1.54, 1.807) is 11.3 Å². The SMILES string of the molecule is CNc1nc(Cl)c2c3c(sc2n1)CCCC3. The number of nitrogens with one attached hydrogen (secondary N) is 1. The second kappa shape index (κ2) is 3.86. The molecule has 0 aromatic carbocycles. The van der Waals surface area contributed by atoms with E-state index in [0.29, 0.717) is 11.1 Å². The smallest absolute Gasteiger partial charge is 0.225 e. The monoisotopic (exact) mass is 253 g/mol. The molecule has 0 fully saturated rings. The molecule has 16 heavy (non-hydrogen) atoms. The Labute approximate surface area is 103 Å². The van der Waals surface area contributed by atoms with E-state index < -0.39 is 0 Å². The molecule has 1 aliphatic rings. The van der Waals surface area contributed by atoms with Crippen LogP contribution in [-0.2, 0) is 12.8 Å². The van der Waals surface area contributed by atoms with Gasteiger partial charge in [-0.3, -0.25) is 0 Å². The van der Waals surface area contributed by atoms with Crippen LogP contribution in [0.3, 0.4) is 0 Å². The van der Waals surface area contributed by atoms with E-state index in [0.717, 1.165) is 16.6 Å². The van der Waals surface area contributed by atoms with Gasteiger partial charge in [0.15, 0.2) is 0 Å². The minimum Gasteiger partial charge on any atom is -0.357 e. The molecule has 2 heterocycles. The van der Waals surface area contributed by atoms with Crippen LogP contribution in [0.15, 0.2) is 0 Å². The Kier molecular flexibility index (Phi) is 2.48. The summed E-state index contributed by atoms with van der Waals surface area (Å²) in [5.74, 6) is 0.607. The number of halogens is 1. The number of nitrogens with zero attached hydrogens (tertiary/aromatic N) is 2. The standard InChI is InChI=1S/C11H12ClN3S/c1-13-11-14-9(12)8-6-4-2-3-5-7(6)16-10(8)15-11/h2-5H2,1H3,(H,13,14,15). The molecule has 0 spiro atoms. The lowest BCUT2D eigenvalue weighted by atomic mass is 9.97. The Hall–Kier alpha value is -0.870. The maximum absolute atomic E-state index is 6.23. The first-order chi connectivity index (χ1) is 7.79. The molecule has 0 saturated carbocycles. The summed E-state index contributed by atoms with van der Waals surface area (Å²) in [4.78, 5) is 11.2. The Bertz CT molecular complexity index is 550. The highest BCUT2D eigenvalue weighted by molar-refractivity contribution is 7.19. The molecule has 3 nitrogen and oxygen atoms in total. The number of hydrogen-bond donors (Lipinski definition) is 1. The van der Waals surface area contributed by atoms with Crippen LogP contribution in [0.5, 0.6) is 0 Å². The van der Waals surface area contributed by atoms with Crippen LogP contribution in [0.4, 0.5) is 5.95 Å². The second-order valence-corrected chi connectivity index (χ2v) is 5.42. The second-order valence-electron chi connectivity index (χ2n) is 3.98. The summed E-state index contributed by atoms with van der Waals surface area (Å²) in [6, 6.07) is 0. The molecular formula is C11H12ClN3S. The average Bonchev–Trinajstić information content (AvgIpc) is 2.67. The van der Waals surface area contributed by atoms with Gasteiger partial charge in [0.2, 0.25) is 5.95 Å². The van der Waals surface area contributed by atoms with Gasteiger partial charge in [-0.25, -0.2) is 9.97 Å². The maximum atomic E-state index is 6.23. The molecule has 0 saturated heterocycles. The summed E-state index contributed by atoms with van der Waals surface area (Å²) in [6.45, 7) is 0. The van der Waals surface area contributed by atoms with E-state index >= 15 is 0 Å². The summed E-state index contributed by atoms with van der Waals surface area (Å²) in [5, 5.41) is 4.62. The molecule has 0 radical (unpaired) electrons. The van der Waals surface area contributed by atoms with E-state index in [-0.39, 0.29) is 0 Å². The normalized spacial score (nSPS) is 15.1. The fraction of sp³-hybridized carbons (Fsp3) is 0.455. The molecule has 1 aliphatic carbocycles. The van der Waals surface area contributed by atoms with Gasteiger partial charge in [-0.2, -0.15) is 0 Å². The molecule has 0 unspecified atom stereocenters. The maximum Gasteiger partial charge on any atom is 0.225 e. The quantitative estimate of drug-likeness (QED) is 0.793. The van der Waals surface area contributed by atoms with E-state index in [4.69, 9.17) is 11.6 Å². The first kappa shape index (κ1) is 10.3. The summed E-state index contributed by atoms with van der Waals surface area (Å²) < 4.78 is 0. The van der Waals surface area contributed by atoms with Gasteiger partial charge in [0, 0.05) is 11.9 Å². The van der Waals surface area contributed by atoms with Crippen LogP contribution >= 0.6 is 22.9 Å². The number of aromatic nitrogens is 2. The Morgan fingerprint density at radius 1 is 1.25 bits per heavy atom. The van der Waals surface area contributed by atoms with Crippen molar-refractivity contribution in [2.75, 3.05) is 12.4 Å². The number of rotatable bonds is 1. The largest absolute Gasteiger partial charge is 0.357 e. The highest BCUT2D eigenvalue weighted by atomic mass is 35.5. The topological polar surface area (TPSA) is 37.8 Å². The van der Waals surface area contributed by atoms with Crippen molar-refractivity contribution in [3.05, 3.63) is 15.6 Å². The highest BCUT2D eigenvalue weighted by Gasteiger charge is 2.19. The third kappa shape index (κ3) is 1.48. The van der Waals surface area contributed by atoms with Crippen LogP contribution in [0.1, 0.15) is 23.3 Å². The van der Waals surface area contributed by atoms with Crippen LogP contribution in [-0.4, -0.2) is 17.0 Å². The number of aryl methyl sites for hydroxylation is 2. The lowest BCUT2D eigenvalue weighted by Gasteiger charge is -2.10. The lowest BCUT2D eigenvalue weighted by Crippen LogP contribution is -1.99. The van der Waals surface area contributed by atoms with E-state index in [9.17, 15) is 0 Å². The molecule has 0 amide bonds.